The summed E-state index contributed by atoms with van der Waals surface area (Å²) in [5.74, 6) is 0.573. The molecule has 0 saturated carbocycles. The minimum absolute atomic E-state index is 0.166. The van der Waals surface area contributed by atoms with Crippen LogP contribution in [0.5, 0.6) is 0 Å². The number of rotatable bonds is 7. The molecule has 0 aliphatic heterocycles. The van der Waals surface area contributed by atoms with Gasteiger partial charge in [0, 0.05) is 33.4 Å². The molecule has 1 heterocycles. The molecule has 0 bridgehead atoms. The summed E-state index contributed by atoms with van der Waals surface area (Å²) in [6, 6.07) is 15.9. The second kappa shape index (κ2) is 9.76. The molecule has 0 radical (unpaired) electrons. The number of carbonyl (C=O) groups is 1. The summed E-state index contributed by atoms with van der Waals surface area (Å²) in [5, 5.41) is 4.76. The Labute approximate surface area is 178 Å². The number of thioether (sulfide) groups is 1. The SMILES string of the molecule is Cc1cc(/C=N\NC(=O)CSCc2cccc(Cl)c2)c(C)n1-c1ccc(F)cc1. The number of benzene rings is 2. The van der Waals surface area contributed by atoms with E-state index in [2.05, 4.69) is 10.5 Å². The molecular formula is C22H21ClFN3OS. The van der Waals surface area contributed by atoms with Gasteiger partial charge in [0.25, 0.3) is 0 Å². The van der Waals surface area contributed by atoms with E-state index in [0.717, 1.165) is 28.2 Å². The molecule has 0 saturated heterocycles. The van der Waals surface area contributed by atoms with Gasteiger partial charge in [-0.15, -0.1) is 11.8 Å². The standard InChI is InChI=1S/C22H21ClFN3OS/c1-15-10-18(16(2)27(15)21-8-6-20(24)7-9-21)12-25-26-22(28)14-29-13-17-4-3-5-19(23)11-17/h3-12H,13-14H2,1-2H3,(H,26,28)/b25-12-. The van der Waals surface area contributed by atoms with Gasteiger partial charge in [0.05, 0.1) is 12.0 Å². The lowest BCUT2D eigenvalue weighted by molar-refractivity contribution is -0.118. The van der Waals surface area contributed by atoms with Crippen LogP contribution in [-0.2, 0) is 10.5 Å². The normalized spacial score (nSPS) is 11.2. The number of amides is 1. The number of carbonyl (C=O) groups excluding carboxylic acids is 1. The van der Waals surface area contributed by atoms with Gasteiger partial charge in [-0.05, 0) is 61.9 Å². The molecule has 0 atom stereocenters. The van der Waals surface area contributed by atoms with Crippen LogP contribution in [0, 0.1) is 19.7 Å². The molecule has 3 aromatic rings. The quantitative estimate of drug-likeness (QED) is 0.410. The fourth-order valence-electron chi connectivity index (χ4n) is 3.00. The van der Waals surface area contributed by atoms with E-state index >= 15 is 0 Å². The molecule has 0 fully saturated rings. The Kier molecular flexibility index (Phi) is 7.12. The number of hydrogen-bond acceptors (Lipinski definition) is 3. The molecule has 29 heavy (non-hydrogen) atoms. The zero-order valence-corrected chi connectivity index (χ0v) is 17.7. The lowest BCUT2D eigenvalue weighted by atomic mass is 10.2. The minimum Gasteiger partial charge on any atom is -0.318 e. The summed E-state index contributed by atoms with van der Waals surface area (Å²) in [6.45, 7) is 3.93. The molecule has 4 nitrogen and oxygen atoms in total. The molecule has 0 spiro atoms. The van der Waals surface area contributed by atoms with Crippen LogP contribution in [0.4, 0.5) is 4.39 Å². The van der Waals surface area contributed by atoms with Gasteiger partial charge in [-0.25, -0.2) is 9.82 Å². The summed E-state index contributed by atoms with van der Waals surface area (Å²) in [7, 11) is 0. The van der Waals surface area contributed by atoms with Crippen molar-refractivity contribution in [2.24, 2.45) is 5.10 Å². The summed E-state index contributed by atoms with van der Waals surface area (Å²) >= 11 is 7.46. The number of nitrogens with one attached hydrogen (secondary N) is 1. The van der Waals surface area contributed by atoms with E-state index in [0.29, 0.717) is 16.5 Å². The average Bonchev–Trinajstić information content (AvgIpc) is 2.96. The largest absolute Gasteiger partial charge is 0.318 e. The first-order valence-electron chi connectivity index (χ1n) is 9.03. The van der Waals surface area contributed by atoms with Gasteiger partial charge < -0.3 is 4.57 Å². The molecule has 7 heteroatoms. The third-order valence-electron chi connectivity index (χ3n) is 4.34. The second-order valence-electron chi connectivity index (χ2n) is 6.55. The third-order valence-corrected chi connectivity index (χ3v) is 5.58. The Hall–Kier alpha value is -2.57. The Morgan fingerprint density at radius 1 is 1.21 bits per heavy atom. The van der Waals surface area contributed by atoms with Crippen molar-refractivity contribution in [2.75, 3.05) is 5.75 Å². The lowest BCUT2D eigenvalue weighted by Gasteiger charge is -2.09. The highest BCUT2D eigenvalue weighted by Gasteiger charge is 2.09. The molecule has 2 aromatic carbocycles. The maximum atomic E-state index is 13.2. The monoisotopic (exact) mass is 429 g/mol. The smallest absolute Gasteiger partial charge is 0.250 e. The number of hydrazone groups is 1. The summed E-state index contributed by atoms with van der Waals surface area (Å²) in [6.07, 6.45) is 1.63. The van der Waals surface area contributed by atoms with Crippen LogP contribution in [0.2, 0.25) is 5.02 Å². The van der Waals surface area contributed by atoms with Crippen molar-refractivity contribution < 1.29 is 9.18 Å². The van der Waals surface area contributed by atoms with Crippen LogP contribution in [0.25, 0.3) is 5.69 Å². The summed E-state index contributed by atoms with van der Waals surface area (Å²) in [4.78, 5) is 12.0. The number of nitrogens with zero attached hydrogens (tertiary/aromatic N) is 2. The predicted molar refractivity (Wildman–Crippen MR) is 119 cm³/mol. The third kappa shape index (κ3) is 5.71. The highest BCUT2D eigenvalue weighted by Crippen LogP contribution is 2.20. The Balaban J connectivity index is 1.55. The Morgan fingerprint density at radius 2 is 1.97 bits per heavy atom. The molecule has 150 valence electrons. The van der Waals surface area contributed by atoms with Crippen LogP contribution < -0.4 is 5.43 Å². The fraction of sp³-hybridized carbons (Fsp3) is 0.182. The first-order valence-corrected chi connectivity index (χ1v) is 10.6. The second-order valence-corrected chi connectivity index (χ2v) is 7.98. The maximum absolute atomic E-state index is 13.2. The van der Waals surface area contributed by atoms with Crippen molar-refractivity contribution >= 4 is 35.5 Å². The molecule has 0 aliphatic carbocycles. The van der Waals surface area contributed by atoms with E-state index in [1.165, 1.54) is 23.9 Å². The van der Waals surface area contributed by atoms with Crippen LogP contribution in [0.3, 0.4) is 0 Å². The summed E-state index contributed by atoms with van der Waals surface area (Å²) < 4.78 is 15.2. The van der Waals surface area contributed by atoms with Crippen molar-refractivity contribution in [2.45, 2.75) is 19.6 Å². The van der Waals surface area contributed by atoms with E-state index in [4.69, 9.17) is 11.6 Å². The molecular weight excluding hydrogens is 409 g/mol. The van der Waals surface area contributed by atoms with Gasteiger partial charge in [0.15, 0.2) is 0 Å². The van der Waals surface area contributed by atoms with Crippen molar-refractivity contribution in [3.05, 3.63) is 88.0 Å². The van der Waals surface area contributed by atoms with E-state index in [9.17, 15) is 9.18 Å². The number of hydrogen-bond donors (Lipinski definition) is 1. The lowest BCUT2D eigenvalue weighted by Crippen LogP contribution is -2.19. The topological polar surface area (TPSA) is 46.4 Å². The minimum atomic E-state index is -0.269. The fourth-order valence-corrected chi connectivity index (χ4v) is 3.98. The van der Waals surface area contributed by atoms with Crippen molar-refractivity contribution in [1.29, 1.82) is 0 Å². The zero-order valence-electron chi connectivity index (χ0n) is 16.2. The van der Waals surface area contributed by atoms with Crippen LogP contribution in [0.1, 0.15) is 22.5 Å². The molecule has 0 unspecified atom stereocenters. The first kappa shape index (κ1) is 21.1. The highest BCUT2D eigenvalue weighted by molar-refractivity contribution is 7.99. The van der Waals surface area contributed by atoms with E-state index in [1.807, 2.05) is 48.7 Å². The van der Waals surface area contributed by atoms with Crippen molar-refractivity contribution in [3.63, 3.8) is 0 Å². The Bertz CT molecular complexity index is 1030. The van der Waals surface area contributed by atoms with Gasteiger partial charge in [-0.1, -0.05) is 23.7 Å². The average molecular weight is 430 g/mol. The number of aromatic nitrogens is 1. The van der Waals surface area contributed by atoms with Gasteiger partial charge >= 0.3 is 0 Å². The van der Waals surface area contributed by atoms with Gasteiger partial charge in [-0.2, -0.15) is 5.10 Å². The van der Waals surface area contributed by atoms with Crippen LogP contribution >= 0.6 is 23.4 Å². The zero-order chi connectivity index (χ0) is 20.8. The van der Waals surface area contributed by atoms with Gasteiger partial charge in [0.2, 0.25) is 5.91 Å². The Morgan fingerprint density at radius 3 is 2.69 bits per heavy atom. The maximum Gasteiger partial charge on any atom is 0.250 e. The molecule has 1 amide bonds. The van der Waals surface area contributed by atoms with Crippen molar-refractivity contribution in [1.82, 2.24) is 9.99 Å². The van der Waals surface area contributed by atoms with Crippen molar-refractivity contribution in [3.8, 4) is 5.69 Å². The molecule has 1 aromatic heterocycles. The van der Waals surface area contributed by atoms with Gasteiger partial charge in [-0.3, -0.25) is 4.79 Å². The van der Waals surface area contributed by atoms with E-state index in [1.54, 1.807) is 18.3 Å². The number of aryl methyl sites for hydroxylation is 1. The first-order chi connectivity index (χ1) is 13.9. The molecule has 3 rings (SSSR count). The van der Waals surface area contributed by atoms with E-state index in [-0.39, 0.29) is 11.7 Å². The van der Waals surface area contributed by atoms with Gasteiger partial charge in [0.1, 0.15) is 5.82 Å². The van der Waals surface area contributed by atoms with Crippen LogP contribution in [-0.4, -0.2) is 22.4 Å². The van der Waals surface area contributed by atoms with Crippen LogP contribution in [0.15, 0.2) is 59.7 Å². The molecule has 1 N–H and O–H groups in total. The predicted octanol–water partition coefficient (Wildman–Crippen LogP) is 5.27. The summed E-state index contributed by atoms with van der Waals surface area (Å²) in [5.41, 5.74) is 7.36. The highest BCUT2D eigenvalue weighted by atomic mass is 35.5. The number of halogens is 2. The molecule has 0 aliphatic rings. The van der Waals surface area contributed by atoms with E-state index < -0.39 is 0 Å².